The van der Waals surface area contributed by atoms with Crippen molar-refractivity contribution in [2.75, 3.05) is 6.61 Å². The highest BCUT2D eigenvalue weighted by Gasteiger charge is 2.41. The second kappa shape index (κ2) is 8.45. The first-order valence-electron chi connectivity index (χ1n) is 8.98. The van der Waals surface area contributed by atoms with Crippen LogP contribution in [0.3, 0.4) is 0 Å². The summed E-state index contributed by atoms with van der Waals surface area (Å²) in [5, 5.41) is 3.24. The first kappa shape index (κ1) is 20.5. The molecular formula is C21H19ClN2O5. The van der Waals surface area contributed by atoms with Crippen LogP contribution in [-0.2, 0) is 14.3 Å². The molecule has 0 aliphatic carbocycles. The van der Waals surface area contributed by atoms with Crippen molar-refractivity contribution in [3.05, 3.63) is 70.2 Å². The molecule has 150 valence electrons. The lowest BCUT2D eigenvalue weighted by Crippen LogP contribution is -2.44. The van der Waals surface area contributed by atoms with Crippen LogP contribution >= 0.6 is 11.6 Å². The Bertz CT molecular complexity index is 956. The summed E-state index contributed by atoms with van der Waals surface area (Å²) in [6.07, 6.45) is 0. The van der Waals surface area contributed by atoms with Gasteiger partial charge in [-0.2, -0.15) is 0 Å². The lowest BCUT2D eigenvalue weighted by atomic mass is 10.1. The summed E-state index contributed by atoms with van der Waals surface area (Å²) in [5.41, 5.74) is 1.28. The van der Waals surface area contributed by atoms with Gasteiger partial charge in [0, 0.05) is 5.02 Å². The van der Waals surface area contributed by atoms with Crippen molar-refractivity contribution in [2.24, 2.45) is 0 Å². The summed E-state index contributed by atoms with van der Waals surface area (Å²) in [6.45, 7) is 2.63. The van der Waals surface area contributed by atoms with Crippen molar-refractivity contribution in [3.8, 4) is 0 Å². The summed E-state index contributed by atoms with van der Waals surface area (Å²) in [5.74, 6) is -2.48. The summed E-state index contributed by atoms with van der Waals surface area (Å²) in [7, 11) is 0. The van der Waals surface area contributed by atoms with Gasteiger partial charge in [0.2, 0.25) is 0 Å². The summed E-state index contributed by atoms with van der Waals surface area (Å²) >= 11 is 5.94. The average molecular weight is 415 g/mol. The zero-order chi connectivity index (χ0) is 21.1. The van der Waals surface area contributed by atoms with Gasteiger partial charge < -0.3 is 10.1 Å². The van der Waals surface area contributed by atoms with Crippen LogP contribution in [0.4, 0.5) is 0 Å². The Morgan fingerprint density at radius 1 is 1.03 bits per heavy atom. The van der Waals surface area contributed by atoms with Gasteiger partial charge in [-0.1, -0.05) is 35.9 Å². The molecule has 0 spiro atoms. The molecule has 2 atom stereocenters. The average Bonchev–Trinajstić information content (AvgIpc) is 2.96. The number of fused-ring (bicyclic) bond motifs is 1. The minimum Gasteiger partial charge on any atom is -0.454 e. The minimum atomic E-state index is -1.15. The van der Waals surface area contributed by atoms with Crippen molar-refractivity contribution in [2.45, 2.75) is 25.9 Å². The van der Waals surface area contributed by atoms with E-state index in [-0.39, 0.29) is 17.2 Å². The first-order chi connectivity index (χ1) is 13.8. The second-order valence-corrected chi connectivity index (χ2v) is 7.09. The normalized spacial score (nSPS) is 14.9. The van der Waals surface area contributed by atoms with E-state index in [1.165, 1.54) is 19.1 Å². The fourth-order valence-corrected chi connectivity index (χ4v) is 3.26. The molecule has 7 nitrogen and oxygen atoms in total. The van der Waals surface area contributed by atoms with E-state index in [9.17, 15) is 19.2 Å². The Morgan fingerprint density at radius 3 is 2.24 bits per heavy atom. The molecule has 2 aromatic rings. The number of ether oxygens (including phenoxy) is 1. The van der Waals surface area contributed by atoms with Crippen molar-refractivity contribution >= 4 is 35.3 Å². The number of esters is 1. The molecule has 1 heterocycles. The molecule has 3 rings (SSSR count). The quantitative estimate of drug-likeness (QED) is 0.579. The Balaban J connectivity index is 1.56. The fraction of sp³-hybridized carbons (Fsp3) is 0.238. The third kappa shape index (κ3) is 4.30. The van der Waals surface area contributed by atoms with E-state index in [1.54, 1.807) is 37.3 Å². The van der Waals surface area contributed by atoms with Crippen molar-refractivity contribution in [1.29, 1.82) is 0 Å². The highest BCUT2D eigenvalue weighted by Crippen LogP contribution is 2.24. The SMILES string of the molecule is C[C@H](C(=O)OCC(=O)N[C@H](C)c1cccc(Cl)c1)N1C(=O)c2ccccc2C1=O. The van der Waals surface area contributed by atoms with Crippen molar-refractivity contribution in [3.63, 3.8) is 0 Å². The van der Waals surface area contributed by atoms with Gasteiger partial charge in [-0.3, -0.25) is 19.3 Å². The Hall–Kier alpha value is -3.19. The predicted octanol–water partition coefficient (Wildman–Crippen LogP) is 2.75. The van der Waals surface area contributed by atoms with Crippen LogP contribution in [0.15, 0.2) is 48.5 Å². The fourth-order valence-electron chi connectivity index (χ4n) is 3.06. The number of rotatable bonds is 6. The number of carbonyl (C=O) groups excluding carboxylic acids is 4. The van der Waals surface area contributed by atoms with Crippen LogP contribution in [0, 0.1) is 0 Å². The summed E-state index contributed by atoms with van der Waals surface area (Å²) in [6, 6.07) is 11.9. The second-order valence-electron chi connectivity index (χ2n) is 6.65. The zero-order valence-electron chi connectivity index (χ0n) is 15.8. The molecular weight excluding hydrogens is 396 g/mol. The van der Waals surface area contributed by atoms with Crippen LogP contribution in [0.1, 0.15) is 46.2 Å². The first-order valence-corrected chi connectivity index (χ1v) is 9.35. The molecule has 0 radical (unpaired) electrons. The van der Waals surface area contributed by atoms with Crippen LogP contribution in [0.5, 0.6) is 0 Å². The topological polar surface area (TPSA) is 92.8 Å². The van der Waals surface area contributed by atoms with Gasteiger partial charge in [-0.05, 0) is 43.7 Å². The molecule has 29 heavy (non-hydrogen) atoms. The van der Waals surface area contributed by atoms with Crippen LogP contribution < -0.4 is 5.32 Å². The van der Waals surface area contributed by atoms with Crippen LogP contribution in [0.25, 0.3) is 0 Å². The zero-order valence-corrected chi connectivity index (χ0v) is 16.6. The number of hydrogen-bond donors (Lipinski definition) is 1. The van der Waals surface area contributed by atoms with Crippen LogP contribution in [0.2, 0.25) is 5.02 Å². The lowest BCUT2D eigenvalue weighted by Gasteiger charge is -2.21. The molecule has 0 saturated heterocycles. The molecule has 0 unspecified atom stereocenters. The number of imide groups is 1. The molecule has 1 aliphatic heterocycles. The Labute approximate surface area is 172 Å². The van der Waals surface area contributed by atoms with Gasteiger partial charge in [0.1, 0.15) is 6.04 Å². The number of nitrogens with one attached hydrogen (secondary N) is 1. The van der Waals surface area contributed by atoms with E-state index in [4.69, 9.17) is 16.3 Å². The Morgan fingerprint density at radius 2 is 1.66 bits per heavy atom. The number of hydrogen-bond acceptors (Lipinski definition) is 5. The van der Waals surface area contributed by atoms with Gasteiger partial charge in [0.05, 0.1) is 17.2 Å². The predicted molar refractivity (Wildman–Crippen MR) is 105 cm³/mol. The molecule has 0 bridgehead atoms. The van der Waals surface area contributed by atoms with Gasteiger partial charge in [-0.25, -0.2) is 4.79 Å². The van der Waals surface area contributed by atoms with Crippen LogP contribution in [-0.4, -0.2) is 41.2 Å². The number of nitrogens with zero attached hydrogens (tertiary/aromatic N) is 1. The van der Waals surface area contributed by atoms with E-state index in [0.717, 1.165) is 10.5 Å². The number of benzene rings is 2. The van der Waals surface area contributed by atoms with Gasteiger partial charge in [-0.15, -0.1) is 0 Å². The molecule has 0 saturated carbocycles. The maximum atomic E-state index is 12.4. The third-order valence-electron chi connectivity index (χ3n) is 4.63. The lowest BCUT2D eigenvalue weighted by molar-refractivity contribution is -0.152. The van der Waals surface area contributed by atoms with E-state index in [0.29, 0.717) is 5.02 Å². The standard InChI is InChI=1S/C21H19ClN2O5/c1-12(14-6-5-7-15(22)10-14)23-18(25)11-29-21(28)13(2)24-19(26)16-8-3-4-9-17(16)20(24)27/h3-10,12-13H,11H2,1-2H3,(H,23,25)/t12-,13-/m1/s1. The van der Waals surface area contributed by atoms with E-state index >= 15 is 0 Å². The summed E-state index contributed by atoms with van der Waals surface area (Å²) in [4.78, 5) is 50.1. The molecule has 2 aromatic carbocycles. The number of halogens is 1. The molecule has 1 N–H and O–H groups in total. The smallest absolute Gasteiger partial charge is 0.329 e. The number of amides is 3. The van der Waals surface area contributed by atoms with Crippen molar-refractivity contribution in [1.82, 2.24) is 10.2 Å². The minimum absolute atomic E-state index is 0.241. The molecule has 3 amide bonds. The monoisotopic (exact) mass is 414 g/mol. The summed E-state index contributed by atoms with van der Waals surface area (Å²) < 4.78 is 5.01. The maximum absolute atomic E-state index is 12.4. The molecule has 0 fully saturated rings. The maximum Gasteiger partial charge on any atom is 0.329 e. The molecule has 1 aliphatic rings. The Kier molecular flexibility index (Phi) is 5.98. The van der Waals surface area contributed by atoms with Crippen molar-refractivity contribution < 1.29 is 23.9 Å². The molecule has 0 aromatic heterocycles. The highest BCUT2D eigenvalue weighted by molar-refractivity contribution is 6.30. The van der Waals surface area contributed by atoms with Gasteiger partial charge >= 0.3 is 5.97 Å². The third-order valence-corrected chi connectivity index (χ3v) is 4.86. The van der Waals surface area contributed by atoms with Gasteiger partial charge in [0.15, 0.2) is 6.61 Å². The highest BCUT2D eigenvalue weighted by atomic mass is 35.5. The van der Waals surface area contributed by atoms with Gasteiger partial charge in [0.25, 0.3) is 17.7 Å². The van der Waals surface area contributed by atoms with E-state index in [1.807, 2.05) is 6.07 Å². The van der Waals surface area contributed by atoms with E-state index < -0.39 is 36.3 Å². The largest absolute Gasteiger partial charge is 0.454 e. The number of carbonyl (C=O) groups is 4. The molecule has 8 heteroatoms. The van der Waals surface area contributed by atoms with E-state index in [2.05, 4.69) is 5.32 Å².